The Morgan fingerprint density at radius 2 is 1.84 bits per heavy atom. The summed E-state index contributed by atoms with van der Waals surface area (Å²) in [4.78, 5) is 23.6. The number of phenols is 1. The van der Waals surface area contributed by atoms with Crippen molar-refractivity contribution in [2.24, 2.45) is 5.73 Å². The molecule has 0 spiro atoms. The SMILES string of the molecule is NC(=O)C(NC(=O)CNCc1c(O)cc(Cl)cc1Cl)c1ccccc1. The van der Waals surface area contributed by atoms with Crippen molar-refractivity contribution in [2.75, 3.05) is 6.54 Å². The topological polar surface area (TPSA) is 104 Å². The van der Waals surface area contributed by atoms with Crippen LogP contribution in [0.1, 0.15) is 17.2 Å². The molecule has 0 aromatic heterocycles. The third kappa shape index (κ3) is 5.35. The van der Waals surface area contributed by atoms with E-state index in [4.69, 9.17) is 28.9 Å². The van der Waals surface area contributed by atoms with Gasteiger partial charge in [-0.2, -0.15) is 0 Å². The number of carbonyl (C=O) groups is 2. The van der Waals surface area contributed by atoms with Gasteiger partial charge in [-0.3, -0.25) is 9.59 Å². The smallest absolute Gasteiger partial charge is 0.244 e. The average Bonchev–Trinajstić information content (AvgIpc) is 2.55. The third-order valence-corrected chi connectivity index (χ3v) is 4.00. The number of nitrogens with two attached hydrogens (primary N) is 1. The Morgan fingerprint density at radius 1 is 1.16 bits per heavy atom. The van der Waals surface area contributed by atoms with Crippen molar-refractivity contribution in [1.82, 2.24) is 10.6 Å². The van der Waals surface area contributed by atoms with E-state index >= 15 is 0 Å². The van der Waals surface area contributed by atoms with Crippen molar-refractivity contribution in [3.8, 4) is 5.75 Å². The molecule has 2 aromatic carbocycles. The minimum Gasteiger partial charge on any atom is -0.508 e. The lowest BCUT2D eigenvalue weighted by Gasteiger charge is -2.16. The lowest BCUT2D eigenvalue weighted by molar-refractivity contribution is -0.127. The van der Waals surface area contributed by atoms with Crippen LogP contribution in [0.2, 0.25) is 10.0 Å². The van der Waals surface area contributed by atoms with Crippen LogP contribution in [-0.4, -0.2) is 23.5 Å². The lowest BCUT2D eigenvalue weighted by Crippen LogP contribution is -2.41. The number of hydrogen-bond donors (Lipinski definition) is 4. The van der Waals surface area contributed by atoms with Crippen molar-refractivity contribution < 1.29 is 14.7 Å². The average molecular weight is 382 g/mol. The van der Waals surface area contributed by atoms with E-state index in [9.17, 15) is 14.7 Å². The molecular formula is C17H17Cl2N3O3. The molecule has 1 atom stereocenters. The monoisotopic (exact) mass is 381 g/mol. The fraction of sp³-hybridized carbons (Fsp3) is 0.176. The van der Waals surface area contributed by atoms with Crippen LogP contribution in [0.5, 0.6) is 5.75 Å². The van der Waals surface area contributed by atoms with E-state index in [1.54, 1.807) is 30.3 Å². The molecule has 2 rings (SSSR count). The first kappa shape index (κ1) is 19.1. The van der Waals surface area contributed by atoms with Crippen LogP contribution in [0.4, 0.5) is 0 Å². The minimum absolute atomic E-state index is 0.0651. The number of hydrogen-bond acceptors (Lipinski definition) is 4. The second-order valence-corrected chi connectivity index (χ2v) is 6.15. The first-order valence-electron chi connectivity index (χ1n) is 7.39. The van der Waals surface area contributed by atoms with Crippen molar-refractivity contribution in [3.05, 3.63) is 63.6 Å². The molecule has 1 unspecified atom stereocenters. The summed E-state index contributed by atoms with van der Waals surface area (Å²) >= 11 is 11.8. The summed E-state index contributed by atoms with van der Waals surface area (Å²) in [6.45, 7) is 0.0663. The maximum atomic E-state index is 12.0. The second-order valence-electron chi connectivity index (χ2n) is 5.30. The molecule has 0 fully saturated rings. The summed E-state index contributed by atoms with van der Waals surface area (Å²) in [6.07, 6.45) is 0. The number of nitrogens with one attached hydrogen (secondary N) is 2. The zero-order valence-electron chi connectivity index (χ0n) is 13.1. The van der Waals surface area contributed by atoms with Gasteiger partial charge in [0, 0.05) is 17.1 Å². The van der Waals surface area contributed by atoms with E-state index in [2.05, 4.69) is 10.6 Å². The first-order chi connectivity index (χ1) is 11.9. The van der Waals surface area contributed by atoms with Gasteiger partial charge in [-0.25, -0.2) is 0 Å². The zero-order chi connectivity index (χ0) is 18.4. The second kappa shape index (κ2) is 8.71. The van der Waals surface area contributed by atoms with Crippen LogP contribution in [0, 0.1) is 0 Å². The number of phenolic OH excluding ortho intramolecular Hbond substituents is 1. The number of amides is 2. The van der Waals surface area contributed by atoms with Gasteiger partial charge in [-0.15, -0.1) is 0 Å². The largest absolute Gasteiger partial charge is 0.508 e. The Hall–Kier alpha value is -2.28. The summed E-state index contributed by atoms with van der Waals surface area (Å²) in [5.74, 6) is -1.14. The standard InChI is InChI=1S/C17H17Cl2N3O3/c18-11-6-13(19)12(14(23)7-11)8-21-9-15(24)22-16(17(20)25)10-4-2-1-3-5-10/h1-7,16,21,23H,8-9H2,(H2,20,25)(H,22,24). The number of benzene rings is 2. The predicted octanol–water partition coefficient (Wildman–Crippen LogP) is 2.13. The highest BCUT2D eigenvalue weighted by Crippen LogP contribution is 2.29. The Bertz CT molecular complexity index is 746. The summed E-state index contributed by atoms with van der Waals surface area (Å²) in [7, 11) is 0. The van der Waals surface area contributed by atoms with Crippen LogP contribution < -0.4 is 16.4 Å². The molecule has 8 heteroatoms. The summed E-state index contributed by atoms with van der Waals surface area (Å²) in [5.41, 5.74) is 6.38. The molecular weight excluding hydrogens is 365 g/mol. The van der Waals surface area contributed by atoms with Gasteiger partial charge >= 0.3 is 0 Å². The van der Waals surface area contributed by atoms with E-state index in [1.165, 1.54) is 12.1 Å². The van der Waals surface area contributed by atoms with E-state index in [0.29, 0.717) is 16.1 Å². The molecule has 25 heavy (non-hydrogen) atoms. The van der Waals surface area contributed by atoms with Crippen LogP contribution in [0.15, 0.2) is 42.5 Å². The first-order valence-corrected chi connectivity index (χ1v) is 8.15. The van der Waals surface area contributed by atoms with Crippen LogP contribution in [0.3, 0.4) is 0 Å². The van der Waals surface area contributed by atoms with Crippen molar-refractivity contribution in [2.45, 2.75) is 12.6 Å². The fourth-order valence-electron chi connectivity index (χ4n) is 2.24. The van der Waals surface area contributed by atoms with E-state index in [1.807, 2.05) is 0 Å². The molecule has 0 aliphatic rings. The number of halogens is 2. The maximum Gasteiger partial charge on any atom is 0.244 e. The molecule has 132 valence electrons. The highest BCUT2D eigenvalue weighted by Gasteiger charge is 2.19. The fourth-order valence-corrected chi connectivity index (χ4v) is 2.79. The molecule has 6 nitrogen and oxygen atoms in total. The van der Waals surface area contributed by atoms with E-state index in [-0.39, 0.29) is 23.9 Å². The van der Waals surface area contributed by atoms with Gasteiger partial charge in [0.1, 0.15) is 11.8 Å². The predicted molar refractivity (Wildman–Crippen MR) is 96.4 cm³/mol. The molecule has 2 aromatic rings. The van der Waals surface area contributed by atoms with Gasteiger partial charge in [0.15, 0.2) is 0 Å². The number of primary amides is 1. The molecule has 0 aliphatic carbocycles. The van der Waals surface area contributed by atoms with Crippen LogP contribution in [-0.2, 0) is 16.1 Å². The maximum absolute atomic E-state index is 12.0. The van der Waals surface area contributed by atoms with Crippen molar-refractivity contribution in [3.63, 3.8) is 0 Å². The molecule has 0 saturated heterocycles. The quantitative estimate of drug-likeness (QED) is 0.589. The Morgan fingerprint density at radius 3 is 2.44 bits per heavy atom. The van der Waals surface area contributed by atoms with Gasteiger partial charge in [0.2, 0.25) is 11.8 Å². The molecule has 0 heterocycles. The lowest BCUT2D eigenvalue weighted by atomic mass is 10.1. The zero-order valence-corrected chi connectivity index (χ0v) is 14.6. The highest BCUT2D eigenvalue weighted by atomic mass is 35.5. The Labute approximate surface area is 154 Å². The van der Waals surface area contributed by atoms with Crippen LogP contribution in [0.25, 0.3) is 0 Å². The Balaban J connectivity index is 1.93. The molecule has 5 N–H and O–H groups in total. The van der Waals surface area contributed by atoms with Gasteiger partial charge in [0.25, 0.3) is 0 Å². The molecule has 0 radical (unpaired) electrons. The molecule has 2 amide bonds. The normalized spacial score (nSPS) is 11.8. The molecule has 0 saturated carbocycles. The van der Waals surface area contributed by atoms with Crippen molar-refractivity contribution in [1.29, 1.82) is 0 Å². The number of aromatic hydroxyl groups is 1. The summed E-state index contributed by atoms with van der Waals surface area (Å²) < 4.78 is 0. The minimum atomic E-state index is -0.914. The number of carbonyl (C=O) groups excluding carboxylic acids is 2. The summed E-state index contributed by atoms with van der Waals surface area (Å²) in [5, 5.41) is 15.9. The third-order valence-electron chi connectivity index (χ3n) is 3.45. The van der Waals surface area contributed by atoms with E-state index < -0.39 is 17.9 Å². The van der Waals surface area contributed by atoms with Gasteiger partial charge in [-0.1, -0.05) is 53.5 Å². The van der Waals surface area contributed by atoms with E-state index in [0.717, 1.165) is 0 Å². The van der Waals surface area contributed by atoms with Crippen molar-refractivity contribution >= 4 is 35.0 Å². The van der Waals surface area contributed by atoms with Crippen LogP contribution >= 0.6 is 23.2 Å². The highest BCUT2D eigenvalue weighted by molar-refractivity contribution is 6.35. The Kier molecular flexibility index (Phi) is 6.64. The number of rotatable bonds is 7. The van der Waals surface area contributed by atoms with Gasteiger partial charge < -0.3 is 21.5 Å². The summed E-state index contributed by atoms with van der Waals surface area (Å²) in [6, 6.07) is 10.7. The van der Waals surface area contributed by atoms with Gasteiger partial charge in [0.05, 0.1) is 11.6 Å². The van der Waals surface area contributed by atoms with Gasteiger partial charge in [-0.05, 0) is 17.7 Å². The molecule has 0 aliphatic heterocycles. The molecule has 0 bridgehead atoms.